The van der Waals surface area contributed by atoms with E-state index in [1.165, 1.54) is 0 Å². The lowest BCUT2D eigenvalue weighted by atomic mass is 10.2. The molecule has 0 bridgehead atoms. The maximum atomic E-state index is 11.6. The van der Waals surface area contributed by atoms with Crippen molar-refractivity contribution < 1.29 is 24.2 Å². The third-order valence-electron chi connectivity index (χ3n) is 2.28. The largest absolute Gasteiger partial charge is 0.478 e. The van der Waals surface area contributed by atoms with Gasteiger partial charge < -0.3 is 19.4 Å². The van der Waals surface area contributed by atoms with Gasteiger partial charge in [-0.05, 0) is 20.8 Å². The van der Waals surface area contributed by atoms with E-state index in [4.69, 9.17) is 19.4 Å². The van der Waals surface area contributed by atoms with Gasteiger partial charge in [-0.3, -0.25) is 0 Å². The van der Waals surface area contributed by atoms with Crippen molar-refractivity contribution in [2.45, 2.75) is 27.2 Å². The molecule has 0 aliphatic heterocycles. The Morgan fingerprint density at radius 2 is 1.90 bits per heavy atom. The minimum Gasteiger partial charge on any atom is -0.478 e. The Morgan fingerprint density at radius 1 is 1.19 bits per heavy atom. The number of hydrogen-bond donors (Lipinski definition) is 1. The minimum absolute atomic E-state index is 0.0159. The fourth-order valence-corrected chi connectivity index (χ4v) is 1.49. The molecule has 1 rings (SSSR count). The van der Waals surface area contributed by atoms with Gasteiger partial charge in [0.2, 0.25) is 5.88 Å². The lowest BCUT2D eigenvalue weighted by Crippen LogP contribution is -2.20. The van der Waals surface area contributed by atoms with Gasteiger partial charge in [0.15, 0.2) is 5.71 Å². The Labute approximate surface area is 122 Å². The molecule has 0 fully saturated rings. The number of carbonyl (C=O) groups is 1. The Morgan fingerprint density at radius 3 is 2.48 bits per heavy atom. The van der Waals surface area contributed by atoms with E-state index < -0.39 is 5.97 Å². The summed E-state index contributed by atoms with van der Waals surface area (Å²) in [6, 6.07) is 1.69. The zero-order chi connectivity index (χ0) is 15.7. The molecule has 1 aromatic heterocycles. The predicted molar refractivity (Wildman–Crippen MR) is 73.9 cm³/mol. The second-order valence-electron chi connectivity index (χ2n) is 3.79. The van der Waals surface area contributed by atoms with Gasteiger partial charge in [0.1, 0.15) is 0 Å². The Balaban J connectivity index is 2.96. The van der Waals surface area contributed by atoms with Crippen LogP contribution < -0.4 is 9.47 Å². The summed E-state index contributed by atoms with van der Waals surface area (Å²) in [4.78, 5) is 19.8. The predicted octanol–water partition coefficient (Wildman–Crippen LogP) is 1.21. The van der Waals surface area contributed by atoms with Crippen LogP contribution in [-0.2, 0) is 16.0 Å². The van der Waals surface area contributed by atoms with E-state index in [0.29, 0.717) is 24.8 Å². The maximum absolute atomic E-state index is 11.6. The number of oxime groups is 1. The number of nitrogens with zero attached hydrogens (tertiary/aromatic N) is 3. The molecule has 1 heterocycles. The zero-order valence-corrected chi connectivity index (χ0v) is 12.3. The number of aromatic nitrogens is 2. The fraction of sp³-hybridized carbons (Fsp3) is 0.538. The molecule has 0 aromatic carbocycles. The van der Waals surface area contributed by atoms with Gasteiger partial charge in [0.25, 0.3) is 0 Å². The van der Waals surface area contributed by atoms with Crippen LogP contribution in [0, 0.1) is 0 Å². The van der Waals surface area contributed by atoms with E-state index in [-0.39, 0.29) is 24.7 Å². The zero-order valence-electron chi connectivity index (χ0n) is 12.3. The van der Waals surface area contributed by atoms with Crippen molar-refractivity contribution in [2.24, 2.45) is 5.16 Å². The second-order valence-corrected chi connectivity index (χ2v) is 3.79. The van der Waals surface area contributed by atoms with Gasteiger partial charge in [-0.1, -0.05) is 5.16 Å². The molecule has 8 nitrogen and oxygen atoms in total. The average molecular weight is 297 g/mol. The number of hydrogen-bond acceptors (Lipinski definition) is 8. The number of ether oxygens (including phenoxy) is 3. The van der Waals surface area contributed by atoms with Crippen molar-refractivity contribution in [1.82, 2.24) is 9.97 Å². The Hall–Kier alpha value is -2.38. The van der Waals surface area contributed by atoms with E-state index >= 15 is 0 Å². The number of rotatable bonds is 8. The fourth-order valence-electron chi connectivity index (χ4n) is 1.49. The molecule has 1 aromatic rings. The van der Waals surface area contributed by atoms with Crippen LogP contribution >= 0.6 is 0 Å². The first-order valence-electron chi connectivity index (χ1n) is 6.66. The van der Waals surface area contributed by atoms with Crippen molar-refractivity contribution in [3.8, 4) is 11.9 Å². The van der Waals surface area contributed by atoms with Crippen LogP contribution in [0.3, 0.4) is 0 Å². The highest BCUT2D eigenvalue weighted by Gasteiger charge is 2.17. The smallest absolute Gasteiger partial charge is 0.356 e. The number of carbonyl (C=O) groups excluding carboxylic acids is 1. The molecule has 1 N–H and O–H groups in total. The monoisotopic (exact) mass is 297 g/mol. The van der Waals surface area contributed by atoms with Crippen LogP contribution in [0.15, 0.2) is 11.2 Å². The van der Waals surface area contributed by atoms with Gasteiger partial charge in [-0.25, -0.2) is 4.79 Å². The highest BCUT2D eigenvalue weighted by atomic mass is 16.5. The summed E-state index contributed by atoms with van der Waals surface area (Å²) in [5.41, 5.74) is 0.276. The van der Waals surface area contributed by atoms with E-state index in [1.54, 1.807) is 19.9 Å². The SMILES string of the molecule is CCOC(=O)C(Cc1cc(OCC)nc(OCC)n1)=NO. The van der Waals surface area contributed by atoms with Crippen LogP contribution in [0.25, 0.3) is 0 Å². The molecule has 8 heteroatoms. The van der Waals surface area contributed by atoms with Crippen LogP contribution in [-0.4, -0.2) is 46.7 Å². The summed E-state index contributed by atoms with van der Waals surface area (Å²) < 4.78 is 15.3. The van der Waals surface area contributed by atoms with Crippen LogP contribution in [0.1, 0.15) is 26.5 Å². The highest BCUT2D eigenvalue weighted by Crippen LogP contribution is 2.15. The molecule has 0 unspecified atom stereocenters. The maximum Gasteiger partial charge on any atom is 0.356 e. The molecule has 21 heavy (non-hydrogen) atoms. The summed E-state index contributed by atoms with van der Waals surface area (Å²) in [6.45, 7) is 6.31. The van der Waals surface area contributed by atoms with E-state index in [2.05, 4.69) is 15.1 Å². The average Bonchev–Trinajstić information content (AvgIpc) is 2.45. The Kier molecular flexibility index (Phi) is 6.93. The van der Waals surface area contributed by atoms with Crippen molar-refractivity contribution >= 4 is 11.7 Å². The first kappa shape index (κ1) is 16.7. The van der Waals surface area contributed by atoms with E-state index in [9.17, 15) is 4.79 Å². The van der Waals surface area contributed by atoms with E-state index in [1.807, 2.05) is 6.92 Å². The summed E-state index contributed by atoms with van der Waals surface area (Å²) in [6.07, 6.45) is -0.0159. The number of esters is 1. The first-order chi connectivity index (χ1) is 10.1. The minimum atomic E-state index is -0.700. The topological polar surface area (TPSA) is 103 Å². The van der Waals surface area contributed by atoms with Crippen molar-refractivity contribution in [2.75, 3.05) is 19.8 Å². The third kappa shape index (κ3) is 5.25. The van der Waals surface area contributed by atoms with Crippen molar-refractivity contribution in [1.29, 1.82) is 0 Å². The van der Waals surface area contributed by atoms with E-state index in [0.717, 1.165) is 0 Å². The summed E-state index contributed by atoms with van der Waals surface area (Å²) in [7, 11) is 0. The summed E-state index contributed by atoms with van der Waals surface area (Å²) >= 11 is 0. The second kappa shape index (κ2) is 8.72. The van der Waals surface area contributed by atoms with Gasteiger partial charge in [-0.15, -0.1) is 0 Å². The first-order valence-corrected chi connectivity index (χ1v) is 6.66. The molecule has 0 aliphatic rings. The molecule has 0 radical (unpaired) electrons. The summed E-state index contributed by atoms with van der Waals surface area (Å²) in [5.74, 6) is -0.373. The van der Waals surface area contributed by atoms with Crippen molar-refractivity contribution in [3.05, 3.63) is 11.8 Å². The molecule has 0 aliphatic carbocycles. The van der Waals surface area contributed by atoms with Crippen LogP contribution in [0.4, 0.5) is 0 Å². The van der Waals surface area contributed by atoms with Gasteiger partial charge in [0, 0.05) is 12.5 Å². The molecular formula is C13H19N3O5. The van der Waals surface area contributed by atoms with Gasteiger partial charge in [0.05, 0.1) is 25.5 Å². The lowest BCUT2D eigenvalue weighted by molar-refractivity contribution is -0.135. The Bertz CT molecular complexity index is 480. The normalized spacial score (nSPS) is 11.1. The molecule has 0 saturated heterocycles. The van der Waals surface area contributed by atoms with Crippen molar-refractivity contribution in [3.63, 3.8) is 0 Å². The molecule has 0 spiro atoms. The van der Waals surface area contributed by atoms with Crippen LogP contribution in [0.2, 0.25) is 0 Å². The van der Waals surface area contributed by atoms with Gasteiger partial charge >= 0.3 is 12.0 Å². The lowest BCUT2D eigenvalue weighted by Gasteiger charge is -2.09. The van der Waals surface area contributed by atoms with Gasteiger partial charge in [-0.2, -0.15) is 9.97 Å². The molecule has 0 atom stereocenters. The highest BCUT2D eigenvalue weighted by molar-refractivity contribution is 6.36. The summed E-state index contributed by atoms with van der Waals surface area (Å²) in [5, 5.41) is 11.9. The standard InChI is InChI=1S/C13H19N3O5/c1-4-19-11-8-9(14-13(15-11)21-6-3)7-10(16-18)12(17)20-5-2/h8,18H,4-7H2,1-3H3. The molecule has 0 amide bonds. The third-order valence-corrected chi connectivity index (χ3v) is 2.28. The molecule has 0 saturated carbocycles. The van der Waals surface area contributed by atoms with Crippen LogP contribution in [0.5, 0.6) is 11.9 Å². The quantitative estimate of drug-likeness (QED) is 0.333. The molecule has 116 valence electrons. The molecular weight excluding hydrogens is 278 g/mol.